The van der Waals surface area contributed by atoms with E-state index in [0.29, 0.717) is 0 Å². The molecule has 0 aliphatic heterocycles. The second-order valence-corrected chi connectivity index (χ2v) is 3.99. The number of hydrogen-bond donors (Lipinski definition) is 0. The Hall–Kier alpha value is -1.68. The van der Waals surface area contributed by atoms with E-state index in [1.807, 2.05) is 13.0 Å². The van der Waals surface area contributed by atoms with Gasteiger partial charge in [-0.1, -0.05) is 23.6 Å². The summed E-state index contributed by atoms with van der Waals surface area (Å²) in [6, 6.07) is 6.48. The molecule has 0 amide bonds. The van der Waals surface area contributed by atoms with Gasteiger partial charge >= 0.3 is 0 Å². The zero-order valence-electron chi connectivity index (χ0n) is 10.5. The van der Waals surface area contributed by atoms with E-state index in [-0.39, 0.29) is 0 Å². The topological polar surface area (TPSA) is 3.24 Å². The maximum atomic E-state index is 5.31. The molecule has 1 heteroatoms. The van der Waals surface area contributed by atoms with Gasteiger partial charge in [0, 0.05) is 24.0 Å². The van der Waals surface area contributed by atoms with Crippen LogP contribution in [0.5, 0.6) is 0 Å². The Morgan fingerprint density at radius 1 is 1.44 bits per heavy atom. The van der Waals surface area contributed by atoms with Crippen LogP contribution in [0.15, 0.2) is 30.0 Å². The normalized spacial score (nSPS) is 11.1. The molecule has 0 N–H and O–H groups in total. The van der Waals surface area contributed by atoms with Crippen molar-refractivity contribution in [1.82, 2.24) is 0 Å². The van der Waals surface area contributed by atoms with Crippen molar-refractivity contribution in [3.8, 4) is 12.3 Å². The molecule has 0 atom stereocenters. The van der Waals surface area contributed by atoms with Crippen LogP contribution in [0.25, 0.3) is 0 Å². The lowest BCUT2D eigenvalue weighted by Gasteiger charge is -2.25. The summed E-state index contributed by atoms with van der Waals surface area (Å²) in [6.45, 7) is 9.34. The highest BCUT2D eigenvalue weighted by Gasteiger charge is 2.08. The minimum absolute atomic E-state index is 0.925. The molecule has 1 nitrogen and oxygen atoms in total. The van der Waals surface area contributed by atoms with Crippen LogP contribution in [-0.2, 0) is 0 Å². The molecule has 0 heterocycles. The molecule has 0 aliphatic carbocycles. The number of nitrogens with zero attached hydrogens (tertiary/aromatic N) is 1. The van der Waals surface area contributed by atoms with Gasteiger partial charge in [-0.2, -0.15) is 0 Å². The first kappa shape index (κ1) is 12.4. The predicted molar refractivity (Wildman–Crippen MR) is 71.5 cm³/mol. The highest BCUT2D eigenvalue weighted by molar-refractivity contribution is 5.58. The summed E-state index contributed by atoms with van der Waals surface area (Å²) >= 11 is 0. The quantitative estimate of drug-likeness (QED) is 0.692. The fraction of sp³-hybridized carbons (Fsp3) is 0.333. The van der Waals surface area contributed by atoms with Crippen molar-refractivity contribution in [2.45, 2.75) is 27.7 Å². The highest BCUT2D eigenvalue weighted by atomic mass is 15.1. The van der Waals surface area contributed by atoms with Crippen molar-refractivity contribution in [1.29, 1.82) is 0 Å². The molecule has 0 unspecified atom stereocenters. The minimum atomic E-state index is 0.925. The summed E-state index contributed by atoms with van der Waals surface area (Å²) in [5, 5.41) is 0. The molecule has 0 bridgehead atoms. The van der Waals surface area contributed by atoms with E-state index >= 15 is 0 Å². The lowest BCUT2D eigenvalue weighted by Crippen LogP contribution is -2.21. The van der Waals surface area contributed by atoms with Gasteiger partial charge < -0.3 is 4.90 Å². The minimum Gasteiger partial charge on any atom is -0.345 e. The van der Waals surface area contributed by atoms with Crippen molar-refractivity contribution in [2.75, 3.05) is 11.4 Å². The van der Waals surface area contributed by atoms with E-state index in [1.165, 1.54) is 16.8 Å². The largest absolute Gasteiger partial charge is 0.345 e. The highest BCUT2D eigenvalue weighted by Crippen LogP contribution is 2.24. The summed E-state index contributed by atoms with van der Waals surface area (Å²) in [4.78, 5) is 2.23. The fourth-order valence-corrected chi connectivity index (χ4v) is 1.92. The number of hydrogen-bond acceptors (Lipinski definition) is 1. The maximum absolute atomic E-state index is 5.31. The van der Waals surface area contributed by atoms with E-state index in [0.717, 1.165) is 12.2 Å². The number of allylic oxidation sites excluding steroid dienone is 2. The van der Waals surface area contributed by atoms with Crippen LogP contribution in [0, 0.1) is 26.2 Å². The van der Waals surface area contributed by atoms with Gasteiger partial charge in [-0.15, -0.1) is 6.42 Å². The molecule has 0 spiro atoms. The SMILES string of the molecule is C#C/C=C(/C)N(CC)c1ccc(C)cc1C. The van der Waals surface area contributed by atoms with Crippen LogP contribution < -0.4 is 4.90 Å². The standard InChI is InChI=1S/C15H19N/c1-6-8-14(5)16(7-2)15-10-9-12(3)11-13(15)4/h1,8-11H,7H2,2-5H3/b14-8-. The van der Waals surface area contributed by atoms with Gasteiger partial charge in [0.15, 0.2) is 0 Å². The fourth-order valence-electron chi connectivity index (χ4n) is 1.92. The van der Waals surface area contributed by atoms with Crippen LogP contribution in [0.3, 0.4) is 0 Å². The number of benzene rings is 1. The third kappa shape index (κ3) is 2.67. The molecule has 1 rings (SSSR count). The van der Waals surface area contributed by atoms with Crippen molar-refractivity contribution in [2.24, 2.45) is 0 Å². The predicted octanol–water partition coefficient (Wildman–Crippen LogP) is 3.67. The molecule has 16 heavy (non-hydrogen) atoms. The van der Waals surface area contributed by atoms with Crippen molar-refractivity contribution < 1.29 is 0 Å². The van der Waals surface area contributed by atoms with Gasteiger partial charge in [0.1, 0.15) is 0 Å². The third-order valence-electron chi connectivity index (χ3n) is 2.68. The van der Waals surface area contributed by atoms with Gasteiger partial charge in [0.05, 0.1) is 0 Å². The summed E-state index contributed by atoms with van der Waals surface area (Å²) in [5.74, 6) is 2.58. The van der Waals surface area contributed by atoms with Gasteiger partial charge in [0.2, 0.25) is 0 Å². The van der Waals surface area contributed by atoms with E-state index in [2.05, 4.69) is 49.8 Å². The molecule has 0 fully saturated rings. The molecule has 0 saturated heterocycles. The Balaban J connectivity index is 3.15. The van der Waals surface area contributed by atoms with Crippen molar-refractivity contribution >= 4 is 5.69 Å². The number of rotatable bonds is 3. The average Bonchev–Trinajstić information content (AvgIpc) is 2.22. The first-order chi connectivity index (χ1) is 7.60. The van der Waals surface area contributed by atoms with E-state index in [1.54, 1.807) is 0 Å². The maximum Gasteiger partial charge on any atom is 0.0438 e. The van der Waals surface area contributed by atoms with E-state index in [9.17, 15) is 0 Å². The Bertz CT molecular complexity index is 435. The second kappa shape index (κ2) is 5.42. The molecule has 0 aliphatic rings. The Morgan fingerprint density at radius 3 is 2.62 bits per heavy atom. The van der Waals surface area contributed by atoms with Gasteiger partial charge in [-0.05, 0) is 39.3 Å². The third-order valence-corrected chi connectivity index (χ3v) is 2.68. The molecule has 1 aromatic rings. The Morgan fingerprint density at radius 2 is 2.12 bits per heavy atom. The summed E-state index contributed by atoms with van der Waals surface area (Å²) in [5.41, 5.74) is 4.91. The van der Waals surface area contributed by atoms with Gasteiger partial charge in [0.25, 0.3) is 0 Å². The second-order valence-electron chi connectivity index (χ2n) is 3.99. The zero-order chi connectivity index (χ0) is 12.1. The number of anilines is 1. The summed E-state index contributed by atoms with van der Waals surface area (Å²) in [6.07, 6.45) is 7.12. The molecule has 0 aromatic heterocycles. The summed E-state index contributed by atoms with van der Waals surface area (Å²) in [7, 11) is 0. The Labute approximate surface area is 98.8 Å². The first-order valence-corrected chi connectivity index (χ1v) is 5.57. The van der Waals surface area contributed by atoms with Gasteiger partial charge in [-0.25, -0.2) is 0 Å². The van der Waals surface area contributed by atoms with E-state index < -0.39 is 0 Å². The zero-order valence-corrected chi connectivity index (χ0v) is 10.5. The molecule has 0 radical (unpaired) electrons. The van der Waals surface area contributed by atoms with Crippen LogP contribution in [-0.4, -0.2) is 6.54 Å². The number of terminal acetylenes is 1. The van der Waals surface area contributed by atoms with Crippen molar-refractivity contribution in [3.63, 3.8) is 0 Å². The number of aryl methyl sites for hydroxylation is 2. The smallest absolute Gasteiger partial charge is 0.0438 e. The molecule has 84 valence electrons. The lowest BCUT2D eigenvalue weighted by atomic mass is 10.1. The van der Waals surface area contributed by atoms with Crippen molar-refractivity contribution in [3.05, 3.63) is 41.1 Å². The molecular formula is C15H19N. The van der Waals surface area contributed by atoms with E-state index in [4.69, 9.17) is 6.42 Å². The molecular weight excluding hydrogens is 194 g/mol. The molecule has 0 saturated carbocycles. The average molecular weight is 213 g/mol. The van der Waals surface area contributed by atoms with Crippen LogP contribution in [0.4, 0.5) is 5.69 Å². The first-order valence-electron chi connectivity index (χ1n) is 5.57. The van der Waals surface area contributed by atoms with Gasteiger partial charge in [-0.3, -0.25) is 0 Å². The lowest BCUT2D eigenvalue weighted by molar-refractivity contribution is 0.947. The van der Waals surface area contributed by atoms with Crippen LogP contribution in [0.2, 0.25) is 0 Å². The van der Waals surface area contributed by atoms with Crippen LogP contribution in [0.1, 0.15) is 25.0 Å². The monoisotopic (exact) mass is 213 g/mol. The Kier molecular flexibility index (Phi) is 4.19. The summed E-state index contributed by atoms with van der Waals surface area (Å²) < 4.78 is 0. The molecule has 1 aromatic carbocycles. The van der Waals surface area contributed by atoms with Crippen LogP contribution >= 0.6 is 0 Å².